The van der Waals surface area contributed by atoms with Crippen LogP contribution in [0.2, 0.25) is 5.02 Å². The second kappa shape index (κ2) is 5.95. The molecule has 0 aromatic heterocycles. The van der Waals surface area contributed by atoms with E-state index in [4.69, 9.17) is 11.6 Å². The second-order valence-corrected chi connectivity index (χ2v) is 4.88. The van der Waals surface area contributed by atoms with Crippen LogP contribution in [-0.4, -0.2) is 10.2 Å². The summed E-state index contributed by atoms with van der Waals surface area (Å²) >= 11 is 6.08. The highest BCUT2D eigenvalue weighted by atomic mass is 35.5. The van der Waals surface area contributed by atoms with Crippen LogP contribution in [0.3, 0.4) is 0 Å². The van der Waals surface area contributed by atoms with E-state index in [0.717, 1.165) is 16.1 Å². The third-order valence-electron chi connectivity index (χ3n) is 2.98. The van der Waals surface area contributed by atoms with E-state index in [1.54, 1.807) is 12.1 Å². The van der Waals surface area contributed by atoms with Gasteiger partial charge in [0.15, 0.2) is 0 Å². The fourth-order valence-electron chi connectivity index (χ4n) is 1.89. The first-order valence-electron chi connectivity index (χ1n) is 6.06. The Morgan fingerprint density at radius 1 is 1.11 bits per heavy atom. The molecule has 4 heteroatoms. The highest BCUT2D eigenvalue weighted by Gasteiger charge is 2.08. The maximum Gasteiger partial charge on any atom is 0.119 e. The van der Waals surface area contributed by atoms with Crippen molar-refractivity contribution in [2.24, 2.45) is 0 Å². The first-order chi connectivity index (χ1) is 9.06. The van der Waals surface area contributed by atoms with Gasteiger partial charge in [0.1, 0.15) is 11.5 Å². The quantitative estimate of drug-likeness (QED) is 0.800. The van der Waals surface area contributed by atoms with Gasteiger partial charge >= 0.3 is 0 Å². The fraction of sp³-hybridized carbons (Fsp3) is 0.200. The van der Waals surface area contributed by atoms with Crippen molar-refractivity contribution in [3.63, 3.8) is 0 Å². The minimum atomic E-state index is -0.00530. The maximum atomic E-state index is 9.46. The molecule has 0 radical (unpaired) electrons. The van der Waals surface area contributed by atoms with Crippen LogP contribution in [0.15, 0.2) is 42.5 Å². The van der Waals surface area contributed by atoms with Crippen LogP contribution in [0.1, 0.15) is 24.1 Å². The van der Waals surface area contributed by atoms with E-state index in [-0.39, 0.29) is 17.5 Å². The predicted molar refractivity (Wildman–Crippen MR) is 76.5 cm³/mol. The average molecular weight is 278 g/mol. The summed E-state index contributed by atoms with van der Waals surface area (Å²) in [5.41, 5.74) is 1.84. The molecule has 100 valence electrons. The molecule has 1 atom stereocenters. The van der Waals surface area contributed by atoms with Gasteiger partial charge in [0, 0.05) is 23.7 Å². The molecule has 1 unspecified atom stereocenters. The summed E-state index contributed by atoms with van der Waals surface area (Å²) in [6.07, 6.45) is 0. The molecule has 3 N–H and O–H groups in total. The lowest BCUT2D eigenvalue weighted by Crippen LogP contribution is -2.18. The molecule has 2 rings (SSSR count). The molecule has 0 aliphatic rings. The molecule has 0 heterocycles. The zero-order valence-corrected chi connectivity index (χ0v) is 11.4. The van der Waals surface area contributed by atoms with Crippen LogP contribution in [0.4, 0.5) is 0 Å². The summed E-state index contributed by atoms with van der Waals surface area (Å²) in [5, 5.41) is 23.0. The van der Waals surface area contributed by atoms with Crippen LogP contribution in [0.5, 0.6) is 11.5 Å². The van der Waals surface area contributed by atoms with Gasteiger partial charge in [-0.1, -0.05) is 29.8 Å². The lowest BCUT2D eigenvalue weighted by atomic mass is 10.1. The Bertz CT molecular complexity index is 552. The molecule has 0 amide bonds. The van der Waals surface area contributed by atoms with Crippen molar-refractivity contribution >= 4 is 11.6 Å². The summed E-state index contributed by atoms with van der Waals surface area (Å²) in [4.78, 5) is 0. The van der Waals surface area contributed by atoms with Crippen molar-refractivity contribution in [3.05, 3.63) is 58.6 Å². The Hall–Kier alpha value is -1.71. The van der Waals surface area contributed by atoms with Crippen LogP contribution in [0, 0.1) is 0 Å². The summed E-state index contributed by atoms with van der Waals surface area (Å²) in [5.74, 6) is 0.114. The topological polar surface area (TPSA) is 52.5 Å². The van der Waals surface area contributed by atoms with Crippen molar-refractivity contribution in [1.82, 2.24) is 5.32 Å². The molecular formula is C15H16ClNO2. The largest absolute Gasteiger partial charge is 0.508 e. The number of phenolic OH excluding ortho intramolecular Hbond substituents is 2. The van der Waals surface area contributed by atoms with E-state index in [2.05, 4.69) is 5.32 Å². The number of phenols is 2. The van der Waals surface area contributed by atoms with E-state index in [1.165, 1.54) is 6.07 Å². The summed E-state index contributed by atoms with van der Waals surface area (Å²) < 4.78 is 0. The number of benzene rings is 2. The molecule has 3 nitrogen and oxygen atoms in total. The zero-order chi connectivity index (χ0) is 13.8. The maximum absolute atomic E-state index is 9.46. The number of halogens is 1. The zero-order valence-electron chi connectivity index (χ0n) is 10.6. The standard InChI is InChI=1S/C15H16ClNO2/c1-10(12-6-13(18)8-14(19)7-12)17-9-11-4-2-3-5-15(11)16/h2-8,10,17-19H,9H2,1H3. The number of hydrogen-bond donors (Lipinski definition) is 3. The van der Waals surface area contributed by atoms with Crippen LogP contribution in [0.25, 0.3) is 0 Å². The van der Waals surface area contributed by atoms with Crippen LogP contribution in [-0.2, 0) is 6.54 Å². The molecule has 2 aromatic carbocycles. The molecule has 19 heavy (non-hydrogen) atoms. The van der Waals surface area contributed by atoms with E-state index in [0.29, 0.717) is 6.54 Å². The van der Waals surface area contributed by atoms with Crippen molar-refractivity contribution in [1.29, 1.82) is 0 Å². The highest BCUT2D eigenvalue weighted by molar-refractivity contribution is 6.31. The third-order valence-corrected chi connectivity index (χ3v) is 3.35. The van der Waals surface area contributed by atoms with Crippen molar-refractivity contribution in [2.45, 2.75) is 19.5 Å². The van der Waals surface area contributed by atoms with Gasteiger partial charge in [-0.3, -0.25) is 0 Å². The third kappa shape index (κ3) is 3.63. The monoisotopic (exact) mass is 277 g/mol. The van der Waals surface area contributed by atoms with Crippen molar-refractivity contribution in [2.75, 3.05) is 0 Å². The Labute approximate surface area is 117 Å². The smallest absolute Gasteiger partial charge is 0.119 e. The van der Waals surface area contributed by atoms with Crippen molar-refractivity contribution in [3.8, 4) is 11.5 Å². The minimum absolute atomic E-state index is 0.00530. The molecule has 0 saturated carbocycles. The second-order valence-electron chi connectivity index (χ2n) is 4.48. The molecule has 2 aromatic rings. The molecule has 0 saturated heterocycles. The first kappa shape index (κ1) is 13.7. The summed E-state index contributed by atoms with van der Waals surface area (Å²) in [6, 6.07) is 12.2. The van der Waals surface area contributed by atoms with Crippen LogP contribution < -0.4 is 5.32 Å². The Kier molecular flexibility index (Phi) is 4.30. The average Bonchev–Trinajstić information content (AvgIpc) is 2.36. The molecule has 0 spiro atoms. The number of nitrogens with one attached hydrogen (secondary N) is 1. The normalized spacial score (nSPS) is 12.3. The molecule has 0 aliphatic carbocycles. The summed E-state index contributed by atoms with van der Waals surface area (Å²) in [7, 11) is 0. The SMILES string of the molecule is CC(NCc1ccccc1Cl)c1cc(O)cc(O)c1. The van der Waals surface area contributed by atoms with E-state index >= 15 is 0 Å². The molecule has 0 aliphatic heterocycles. The van der Waals surface area contributed by atoms with Gasteiger partial charge < -0.3 is 15.5 Å². The van der Waals surface area contributed by atoms with E-state index < -0.39 is 0 Å². The Balaban J connectivity index is 2.05. The predicted octanol–water partition coefficient (Wildman–Crippen LogP) is 3.60. The molecule has 0 fully saturated rings. The summed E-state index contributed by atoms with van der Waals surface area (Å²) in [6.45, 7) is 2.59. The number of hydrogen-bond acceptors (Lipinski definition) is 3. The number of rotatable bonds is 4. The highest BCUT2D eigenvalue weighted by Crippen LogP contribution is 2.25. The van der Waals surface area contributed by atoms with Gasteiger partial charge in [-0.2, -0.15) is 0 Å². The van der Waals surface area contributed by atoms with Crippen molar-refractivity contribution < 1.29 is 10.2 Å². The van der Waals surface area contributed by atoms with Gasteiger partial charge in [0.25, 0.3) is 0 Å². The van der Waals surface area contributed by atoms with Gasteiger partial charge in [-0.05, 0) is 36.2 Å². The van der Waals surface area contributed by atoms with Gasteiger partial charge in [-0.25, -0.2) is 0 Å². The van der Waals surface area contributed by atoms with Crippen LogP contribution >= 0.6 is 11.6 Å². The van der Waals surface area contributed by atoms with Gasteiger partial charge in [0.2, 0.25) is 0 Å². The fourth-order valence-corrected chi connectivity index (χ4v) is 2.09. The first-order valence-corrected chi connectivity index (χ1v) is 6.44. The Morgan fingerprint density at radius 3 is 2.37 bits per heavy atom. The number of aromatic hydroxyl groups is 2. The van der Waals surface area contributed by atoms with Gasteiger partial charge in [-0.15, -0.1) is 0 Å². The molecular weight excluding hydrogens is 262 g/mol. The lowest BCUT2D eigenvalue weighted by molar-refractivity contribution is 0.446. The van der Waals surface area contributed by atoms with E-state index in [9.17, 15) is 10.2 Å². The minimum Gasteiger partial charge on any atom is -0.508 e. The van der Waals surface area contributed by atoms with Gasteiger partial charge in [0.05, 0.1) is 0 Å². The molecule has 0 bridgehead atoms. The van der Waals surface area contributed by atoms with E-state index in [1.807, 2.05) is 31.2 Å². The Morgan fingerprint density at radius 2 is 1.74 bits per heavy atom. The lowest BCUT2D eigenvalue weighted by Gasteiger charge is -2.15.